The van der Waals surface area contributed by atoms with Gasteiger partial charge in [0.15, 0.2) is 0 Å². The van der Waals surface area contributed by atoms with E-state index in [1.165, 1.54) is 31.7 Å². The third-order valence-electron chi connectivity index (χ3n) is 5.42. The molecule has 2 fully saturated rings. The van der Waals surface area contributed by atoms with Gasteiger partial charge in [-0.05, 0) is 68.0 Å². The van der Waals surface area contributed by atoms with Crippen LogP contribution in [0.15, 0.2) is 18.2 Å². The highest BCUT2D eigenvalue weighted by Crippen LogP contribution is 2.51. The number of nitrogens with one attached hydrogen (secondary N) is 1. The molecular weight excluding hydrogens is 285 g/mol. The molecule has 1 nitrogen and oxygen atoms in total. The van der Waals surface area contributed by atoms with Crippen LogP contribution in [-0.2, 0) is 0 Å². The molecule has 4 unspecified atom stereocenters. The minimum absolute atomic E-state index is 0.192. The van der Waals surface area contributed by atoms with Crippen molar-refractivity contribution < 1.29 is 4.39 Å². The quantitative estimate of drug-likeness (QED) is 0.747. The summed E-state index contributed by atoms with van der Waals surface area (Å²) >= 11 is 6.22. The van der Waals surface area contributed by atoms with E-state index in [4.69, 9.17) is 11.6 Å². The number of halogens is 2. The summed E-state index contributed by atoms with van der Waals surface area (Å²) in [7, 11) is 0. The van der Waals surface area contributed by atoms with Gasteiger partial charge in [-0.25, -0.2) is 4.39 Å². The summed E-state index contributed by atoms with van der Waals surface area (Å²) in [5, 5.41) is 3.89. The van der Waals surface area contributed by atoms with Crippen LogP contribution in [-0.4, -0.2) is 6.54 Å². The molecule has 3 rings (SSSR count). The Bertz CT molecular complexity index is 490. The van der Waals surface area contributed by atoms with Gasteiger partial charge in [0.05, 0.1) is 5.02 Å². The average molecular weight is 310 g/mol. The first-order chi connectivity index (χ1) is 10.2. The first kappa shape index (κ1) is 15.3. The lowest BCUT2D eigenvalue weighted by molar-refractivity contribution is 0.279. The number of hydrogen-bond donors (Lipinski definition) is 1. The zero-order chi connectivity index (χ0) is 14.8. The number of benzene rings is 1. The molecule has 21 heavy (non-hydrogen) atoms. The van der Waals surface area contributed by atoms with Crippen molar-refractivity contribution in [1.82, 2.24) is 5.32 Å². The van der Waals surface area contributed by atoms with E-state index < -0.39 is 0 Å². The van der Waals surface area contributed by atoms with Crippen LogP contribution in [0.3, 0.4) is 0 Å². The van der Waals surface area contributed by atoms with Gasteiger partial charge < -0.3 is 5.32 Å². The summed E-state index contributed by atoms with van der Waals surface area (Å²) in [5.41, 5.74) is 0.938. The molecule has 116 valence electrons. The van der Waals surface area contributed by atoms with Gasteiger partial charge in [-0.1, -0.05) is 37.1 Å². The van der Waals surface area contributed by atoms with Gasteiger partial charge in [0.2, 0.25) is 0 Å². The van der Waals surface area contributed by atoms with Gasteiger partial charge in [0, 0.05) is 6.04 Å². The van der Waals surface area contributed by atoms with Crippen molar-refractivity contribution in [2.75, 3.05) is 6.54 Å². The molecule has 0 saturated heterocycles. The average Bonchev–Trinajstić information content (AvgIpc) is 3.09. The van der Waals surface area contributed by atoms with Crippen molar-refractivity contribution in [3.05, 3.63) is 34.6 Å². The van der Waals surface area contributed by atoms with Crippen LogP contribution in [0.5, 0.6) is 0 Å². The van der Waals surface area contributed by atoms with E-state index in [1.54, 1.807) is 6.07 Å². The number of fused-ring (bicyclic) bond motifs is 2. The maximum absolute atomic E-state index is 13.8. The Balaban J connectivity index is 1.75. The van der Waals surface area contributed by atoms with E-state index in [1.807, 2.05) is 6.07 Å². The van der Waals surface area contributed by atoms with Gasteiger partial charge in [-0.15, -0.1) is 0 Å². The van der Waals surface area contributed by atoms with Crippen molar-refractivity contribution in [2.24, 2.45) is 17.8 Å². The van der Waals surface area contributed by atoms with Crippen molar-refractivity contribution in [1.29, 1.82) is 0 Å². The zero-order valence-corrected chi connectivity index (χ0v) is 13.5. The van der Waals surface area contributed by atoms with E-state index in [2.05, 4.69) is 12.2 Å². The van der Waals surface area contributed by atoms with E-state index in [0.717, 1.165) is 42.7 Å². The van der Waals surface area contributed by atoms with Crippen LogP contribution in [0.2, 0.25) is 5.02 Å². The molecule has 0 aromatic heterocycles. The van der Waals surface area contributed by atoms with Gasteiger partial charge in [0.25, 0.3) is 0 Å². The third kappa shape index (κ3) is 3.27. The molecule has 2 aliphatic rings. The standard InChI is InChI=1S/C18H25ClFN/c1-2-8-21-17(15-4-3-5-16(20)18(15)19)11-14-10-12-6-7-13(14)9-12/h3-5,12-14,17,21H,2,6-11H2,1H3. The molecule has 0 aliphatic heterocycles. The Hall–Kier alpha value is -0.600. The molecule has 3 heteroatoms. The third-order valence-corrected chi connectivity index (χ3v) is 5.82. The number of rotatable bonds is 6. The van der Waals surface area contributed by atoms with Gasteiger partial charge in [-0.2, -0.15) is 0 Å². The second-order valence-corrected chi connectivity index (χ2v) is 7.20. The Morgan fingerprint density at radius 3 is 2.86 bits per heavy atom. The lowest BCUT2D eigenvalue weighted by Gasteiger charge is -2.28. The van der Waals surface area contributed by atoms with Crippen LogP contribution in [0.4, 0.5) is 4.39 Å². The first-order valence-electron chi connectivity index (χ1n) is 8.36. The SMILES string of the molecule is CCCNC(CC1CC2CCC1C2)c1cccc(F)c1Cl. The van der Waals surface area contributed by atoms with Crippen molar-refractivity contribution in [3.8, 4) is 0 Å². The molecule has 4 atom stereocenters. The highest BCUT2D eigenvalue weighted by Gasteiger charge is 2.40. The minimum atomic E-state index is -0.301. The first-order valence-corrected chi connectivity index (χ1v) is 8.74. The smallest absolute Gasteiger partial charge is 0.142 e. The maximum atomic E-state index is 13.8. The van der Waals surface area contributed by atoms with Gasteiger partial charge >= 0.3 is 0 Å². The fraction of sp³-hybridized carbons (Fsp3) is 0.667. The molecule has 0 amide bonds. The fourth-order valence-corrected chi connectivity index (χ4v) is 4.65. The molecule has 2 aliphatic carbocycles. The topological polar surface area (TPSA) is 12.0 Å². The summed E-state index contributed by atoms with van der Waals surface area (Å²) in [5.74, 6) is 2.34. The summed E-state index contributed by atoms with van der Waals surface area (Å²) < 4.78 is 13.8. The Morgan fingerprint density at radius 1 is 1.33 bits per heavy atom. The fourth-order valence-electron chi connectivity index (χ4n) is 4.40. The predicted octanol–water partition coefficient (Wildman–Crippen LogP) is 5.35. The lowest BCUT2D eigenvalue weighted by atomic mass is 9.82. The highest BCUT2D eigenvalue weighted by atomic mass is 35.5. The van der Waals surface area contributed by atoms with E-state index in [0.29, 0.717) is 5.02 Å². The normalized spacial score (nSPS) is 29.0. The molecular formula is C18H25ClFN. The van der Waals surface area contributed by atoms with Crippen LogP contribution in [0.25, 0.3) is 0 Å². The van der Waals surface area contributed by atoms with Crippen LogP contribution < -0.4 is 5.32 Å². The van der Waals surface area contributed by atoms with Crippen LogP contribution in [0, 0.1) is 23.6 Å². The van der Waals surface area contributed by atoms with Crippen molar-refractivity contribution in [3.63, 3.8) is 0 Å². The predicted molar refractivity (Wildman–Crippen MR) is 86.0 cm³/mol. The highest BCUT2D eigenvalue weighted by molar-refractivity contribution is 6.31. The van der Waals surface area contributed by atoms with E-state index in [-0.39, 0.29) is 11.9 Å². The van der Waals surface area contributed by atoms with Crippen LogP contribution >= 0.6 is 11.6 Å². The van der Waals surface area contributed by atoms with Gasteiger partial charge in [0.1, 0.15) is 5.82 Å². The second-order valence-electron chi connectivity index (χ2n) is 6.82. The molecule has 1 aromatic carbocycles. The Morgan fingerprint density at radius 2 is 2.19 bits per heavy atom. The van der Waals surface area contributed by atoms with Crippen molar-refractivity contribution in [2.45, 2.75) is 51.5 Å². The van der Waals surface area contributed by atoms with Crippen molar-refractivity contribution >= 4 is 11.6 Å². The minimum Gasteiger partial charge on any atom is -0.310 e. The summed E-state index contributed by atoms with van der Waals surface area (Å²) in [6, 6.07) is 5.39. The summed E-state index contributed by atoms with van der Waals surface area (Å²) in [4.78, 5) is 0. The summed E-state index contributed by atoms with van der Waals surface area (Å²) in [6.07, 6.45) is 7.79. The Kier molecular flexibility index (Phi) is 4.85. The van der Waals surface area contributed by atoms with Gasteiger partial charge in [-0.3, -0.25) is 0 Å². The largest absolute Gasteiger partial charge is 0.310 e. The molecule has 2 bridgehead atoms. The van der Waals surface area contributed by atoms with Crippen LogP contribution in [0.1, 0.15) is 57.1 Å². The molecule has 2 saturated carbocycles. The lowest BCUT2D eigenvalue weighted by Crippen LogP contribution is -2.26. The maximum Gasteiger partial charge on any atom is 0.142 e. The van der Waals surface area contributed by atoms with E-state index >= 15 is 0 Å². The zero-order valence-electron chi connectivity index (χ0n) is 12.7. The summed E-state index contributed by atoms with van der Waals surface area (Å²) in [6.45, 7) is 3.12. The molecule has 0 heterocycles. The number of hydrogen-bond acceptors (Lipinski definition) is 1. The van der Waals surface area contributed by atoms with E-state index in [9.17, 15) is 4.39 Å². The Labute approximate surface area is 132 Å². The molecule has 1 N–H and O–H groups in total. The monoisotopic (exact) mass is 309 g/mol. The molecule has 0 spiro atoms. The second kappa shape index (κ2) is 6.66. The molecule has 1 aromatic rings. The molecule has 0 radical (unpaired) electrons.